The van der Waals surface area contributed by atoms with Gasteiger partial charge in [0, 0.05) is 20.2 Å². The summed E-state index contributed by atoms with van der Waals surface area (Å²) in [7, 11) is -2.01. The molecule has 1 aromatic carbocycles. The SMILES string of the molecule is COCCNS(=O)(=O)NCc1ccc(C#N)cc1. The zero-order valence-electron chi connectivity index (χ0n) is 10.0. The highest BCUT2D eigenvalue weighted by Gasteiger charge is 2.07. The van der Waals surface area contributed by atoms with Gasteiger partial charge in [-0.05, 0) is 17.7 Å². The van der Waals surface area contributed by atoms with Crippen LogP contribution in [-0.2, 0) is 21.5 Å². The third kappa shape index (κ3) is 5.25. The van der Waals surface area contributed by atoms with Crippen LogP contribution in [-0.4, -0.2) is 28.7 Å². The molecule has 0 aliphatic heterocycles. The molecule has 0 radical (unpaired) electrons. The van der Waals surface area contributed by atoms with Gasteiger partial charge in [0.2, 0.25) is 0 Å². The molecule has 0 heterocycles. The van der Waals surface area contributed by atoms with Crippen molar-refractivity contribution in [3.05, 3.63) is 35.4 Å². The number of rotatable bonds is 7. The van der Waals surface area contributed by atoms with E-state index in [0.29, 0.717) is 12.2 Å². The van der Waals surface area contributed by atoms with E-state index in [4.69, 9.17) is 10.00 Å². The molecule has 18 heavy (non-hydrogen) atoms. The fraction of sp³-hybridized carbons (Fsp3) is 0.364. The van der Waals surface area contributed by atoms with E-state index in [1.165, 1.54) is 7.11 Å². The molecule has 0 bridgehead atoms. The average Bonchev–Trinajstić information content (AvgIpc) is 2.37. The highest BCUT2D eigenvalue weighted by atomic mass is 32.2. The van der Waals surface area contributed by atoms with Crippen molar-refractivity contribution in [2.75, 3.05) is 20.3 Å². The predicted octanol–water partition coefficient (Wildman–Crippen LogP) is 0.129. The van der Waals surface area contributed by atoms with E-state index in [1.54, 1.807) is 24.3 Å². The molecule has 7 heteroatoms. The minimum atomic E-state index is -3.51. The van der Waals surface area contributed by atoms with E-state index in [2.05, 4.69) is 9.44 Å². The van der Waals surface area contributed by atoms with Crippen molar-refractivity contribution in [3.8, 4) is 6.07 Å². The Morgan fingerprint density at radius 3 is 2.50 bits per heavy atom. The molecule has 0 aliphatic rings. The fourth-order valence-corrected chi connectivity index (χ4v) is 2.02. The molecule has 0 amide bonds. The maximum absolute atomic E-state index is 11.5. The summed E-state index contributed by atoms with van der Waals surface area (Å²) in [6.45, 7) is 0.713. The van der Waals surface area contributed by atoms with Gasteiger partial charge in [-0.25, -0.2) is 0 Å². The quantitative estimate of drug-likeness (QED) is 0.688. The van der Waals surface area contributed by atoms with Crippen LogP contribution in [0.25, 0.3) is 0 Å². The van der Waals surface area contributed by atoms with Gasteiger partial charge in [0.1, 0.15) is 0 Å². The Morgan fingerprint density at radius 1 is 1.28 bits per heavy atom. The van der Waals surface area contributed by atoms with Crippen LogP contribution in [0.4, 0.5) is 0 Å². The normalized spacial score (nSPS) is 11.1. The zero-order valence-corrected chi connectivity index (χ0v) is 10.8. The van der Waals surface area contributed by atoms with Gasteiger partial charge in [0.15, 0.2) is 0 Å². The molecule has 6 nitrogen and oxygen atoms in total. The summed E-state index contributed by atoms with van der Waals surface area (Å²) in [6.07, 6.45) is 0. The first kappa shape index (κ1) is 14.6. The Hall–Kier alpha value is -1.46. The van der Waals surface area contributed by atoms with Gasteiger partial charge in [-0.2, -0.15) is 23.1 Å². The van der Waals surface area contributed by atoms with Gasteiger partial charge >= 0.3 is 0 Å². The van der Waals surface area contributed by atoms with Gasteiger partial charge in [-0.3, -0.25) is 0 Å². The molecule has 1 rings (SSSR count). The van der Waals surface area contributed by atoms with Crippen molar-refractivity contribution in [1.82, 2.24) is 9.44 Å². The number of hydrogen-bond acceptors (Lipinski definition) is 4. The average molecular weight is 269 g/mol. The Labute approximate surface area is 107 Å². The Kier molecular flexibility index (Phi) is 5.74. The van der Waals surface area contributed by atoms with Crippen LogP contribution in [0.2, 0.25) is 0 Å². The van der Waals surface area contributed by atoms with Crippen molar-refractivity contribution >= 4 is 10.2 Å². The van der Waals surface area contributed by atoms with Gasteiger partial charge in [0.05, 0.1) is 18.2 Å². The molecule has 0 unspecified atom stereocenters. The van der Waals surface area contributed by atoms with E-state index in [-0.39, 0.29) is 13.1 Å². The lowest BCUT2D eigenvalue weighted by molar-refractivity contribution is 0.204. The number of methoxy groups -OCH3 is 1. The van der Waals surface area contributed by atoms with Crippen LogP contribution in [0.5, 0.6) is 0 Å². The highest BCUT2D eigenvalue weighted by Crippen LogP contribution is 2.03. The number of ether oxygens (including phenoxy) is 1. The summed E-state index contributed by atoms with van der Waals surface area (Å²) in [4.78, 5) is 0. The molecule has 0 spiro atoms. The Morgan fingerprint density at radius 2 is 1.94 bits per heavy atom. The summed E-state index contributed by atoms with van der Waals surface area (Å²) >= 11 is 0. The second kappa shape index (κ2) is 7.08. The monoisotopic (exact) mass is 269 g/mol. The molecule has 0 atom stereocenters. The number of hydrogen-bond donors (Lipinski definition) is 2. The number of nitrogens with zero attached hydrogens (tertiary/aromatic N) is 1. The molecule has 0 aliphatic carbocycles. The molecular weight excluding hydrogens is 254 g/mol. The smallest absolute Gasteiger partial charge is 0.277 e. The largest absolute Gasteiger partial charge is 0.383 e. The van der Waals surface area contributed by atoms with Gasteiger partial charge in [0.25, 0.3) is 10.2 Å². The second-order valence-electron chi connectivity index (χ2n) is 3.52. The standard InChI is InChI=1S/C11H15N3O3S/c1-17-7-6-13-18(15,16)14-9-11-4-2-10(8-12)3-5-11/h2-5,13-14H,6-7,9H2,1H3. The van der Waals surface area contributed by atoms with Gasteiger partial charge in [-0.15, -0.1) is 0 Å². The summed E-state index contributed by atoms with van der Waals surface area (Å²) in [5.41, 5.74) is 1.32. The fourth-order valence-electron chi connectivity index (χ4n) is 1.20. The summed E-state index contributed by atoms with van der Waals surface area (Å²) in [6, 6.07) is 8.69. The zero-order chi connectivity index (χ0) is 13.4. The van der Waals surface area contributed by atoms with Gasteiger partial charge in [-0.1, -0.05) is 12.1 Å². The van der Waals surface area contributed by atoms with E-state index < -0.39 is 10.2 Å². The van der Waals surface area contributed by atoms with Crippen LogP contribution < -0.4 is 9.44 Å². The third-order valence-corrected chi connectivity index (χ3v) is 3.26. The van der Waals surface area contributed by atoms with Crippen LogP contribution in [0.1, 0.15) is 11.1 Å². The van der Waals surface area contributed by atoms with Crippen molar-refractivity contribution in [2.24, 2.45) is 0 Å². The first-order valence-corrected chi connectivity index (χ1v) is 6.78. The first-order valence-electron chi connectivity index (χ1n) is 5.29. The highest BCUT2D eigenvalue weighted by molar-refractivity contribution is 7.87. The minimum absolute atomic E-state index is 0.175. The molecule has 1 aromatic rings. The second-order valence-corrected chi connectivity index (χ2v) is 5.10. The number of nitrogens with one attached hydrogen (secondary N) is 2. The maximum Gasteiger partial charge on any atom is 0.277 e. The summed E-state index contributed by atoms with van der Waals surface area (Å²) in [5, 5.41) is 8.62. The predicted molar refractivity (Wildman–Crippen MR) is 66.8 cm³/mol. The number of nitriles is 1. The first-order chi connectivity index (χ1) is 8.57. The third-order valence-electron chi connectivity index (χ3n) is 2.15. The van der Waals surface area contributed by atoms with Crippen LogP contribution in [0.15, 0.2) is 24.3 Å². The minimum Gasteiger partial charge on any atom is -0.383 e. The number of benzene rings is 1. The lowest BCUT2D eigenvalue weighted by Gasteiger charge is -2.07. The lowest BCUT2D eigenvalue weighted by atomic mass is 10.1. The van der Waals surface area contributed by atoms with E-state index >= 15 is 0 Å². The molecule has 0 aromatic heterocycles. The lowest BCUT2D eigenvalue weighted by Crippen LogP contribution is -2.37. The van der Waals surface area contributed by atoms with Crippen LogP contribution in [0, 0.1) is 11.3 Å². The molecule has 0 saturated heterocycles. The topological polar surface area (TPSA) is 91.2 Å². The summed E-state index contributed by atoms with van der Waals surface area (Å²) < 4.78 is 32.4. The van der Waals surface area contributed by atoms with Crippen molar-refractivity contribution < 1.29 is 13.2 Å². The van der Waals surface area contributed by atoms with Crippen molar-refractivity contribution in [2.45, 2.75) is 6.54 Å². The maximum atomic E-state index is 11.5. The van der Waals surface area contributed by atoms with E-state index in [9.17, 15) is 8.42 Å². The molecular formula is C11H15N3O3S. The molecule has 2 N–H and O–H groups in total. The van der Waals surface area contributed by atoms with Crippen LogP contribution in [0.3, 0.4) is 0 Å². The van der Waals surface area contributed by atoms with Crippen LogP contribution >= 0.6 is 0 Å². The van der Waals surface area contributed by atoms with E-state index in [1.807, 2.05) is 6.07 Å². The molecule has 0 fully saturated rings. The Balaban J connectivity index is 2.46. The molecule has 98 valence electrons. The van der Waals surface area contributed by atoms with Gasteiger partial charge < -0.3 is 4.74 Å². The summed E-state index contributed by atoms with van der Waals surface area (Å²) in [5.74, 6) is 0. The molecule has 0 saturated carbocycles. The van der Waals surface area contributed by atoms with Crippen molar-refractivity contribution in [1.29, 1.82) is 5.26 Å². The van der Waals surface area contributed by atoms with E-state index in [0.717, 1.165) is 5.56 Å². The Bertz CT molecular complexity index is 505. The van der Waals surface area contributed by atoms with Crippen molar-refractivity contribution in [3.63, 3.8) is 0 Å².